The van der Waals surface area contributed by atoms with Gasteiger partial charge in [0.2, 0.25) is 0 Å². The molecule has 0 spiro atoms. The van der Waals surface area contributed by atoms with Crippen molar-refractivity contribution in [3.05, 3.63) is 62.2 Å². The Kier molecular flexibility index (Phi) is 4.73. The summed E-state index contributed by atoms with van der Waals surface area (Å²) in [6.45, 7) is 5.92. The van der Waals surface area contributed by atoms with Gasteiger partial charge in [-0.2, -0.15) is 0 Å². The van der Waals surface area contributed by atoms with E-state index in [0.29, 0.717) is 21.8 Å². The molecule has 0 bridgehead atoms. The van der Waals surface area contributed by atoms with Gasteiger partial charge >= 0.3 is 0 Å². The summed E-state index contributed by atoms with van der Waals surface area (Å²) in [6.07, 6.45) is 1.45. The van der Waals surface area contributed by atoms with Crippen molar-refractivity contribution in [2.75, 3.05) is 0 Å². The standard InChI is InChI=1S/C16H17BrN2O2/c1-10(2)12-4-6-13(7-5-12)15(20)9-19-11(3)18-8-14(17)16(19)21/h4-8,10H,9H2,1-3H3. The predicted molar refractivity (Wildman–Crippen MR) is 85.8 cm³/mol. The maximum absolute atomic E-state index is 12.3. The summed E-state index contributed by atoms with van der Waals surface area (Å²) < 4.78 is 1.74. The van der Waals surface area contributed by atoms with E-state index in [4.69, 9.17) is 0 Å². The topological polar surface area (TPSA) is 52.0 Å². The average Bonchev–Trinajstić information content (AvgIpc) is 2.47. The molecule has 0 aliphatic rings. The molecule has 0 saturated heterocycles. The second-order valence-electron chi connectivity index (χ2n) is 5.24. The van der Waals surface area contributed by atoms with Gasteiger partial charge in [-0.05, 0) is 34.3 Å². The Morgan fingerprint density at radius 1 is 1.29 bits per heavy atom. The van der Waals surface area contributed by atoms with E-state index < -0.39 is 0 Å². The smallest absolute Gasteiger partial charge is 0.268 e. The third-order valence-electron chi connectivity index (χ3n) is 3.41. The number of hydrogen-bond donors (Lipinski definition) is 0. The third kappa shape index (κ3) is 3.47. The average molecular weight is 349 g/mol. The Morgan fingerprint density at radius 3 is 2.48 bits per heavy atom. The van der Waals surface area contributed by atoms with Crippen molar-refractivity contribution < 1.29 is 4.79 Å². The van der Waals surface area contributed by atoms with E-state index in [-0.39, 0.29) is 17.9 Å². The number of rotatable bonds is 4. The van der Waals surface area contributed by atoms with Gasteiger partial charge in [0.15, 0.2) is 5.78 Å². The number of carbonyl (C=O) groups is 1. The minimum absolute atomic E-state index is 0.00185. The normalized spacial score (nSPS) is 10.9. The number of Topliss-reactive ketones (excluding diaryl/α,β-unsaturated/α-hetero) is 1. The van der Waals surface area contributed by atoms with Crippen LogP contribution < -0.4 is 5.56 Å². The maximum Gasteiger partial charge on any atom is 0.268 e. The molecule has 1 heterocycles. The Bertz CT molecular complexity index is 718. The summed E-state index contributed by atoms with van der Waals surface area (Å²) in [6, 6.07) is 7.52. The Labute approximate surface area is 132 Å². The molecule has 4 nitrogen and oxygen atoms in total. The molecule has 0 unspecified atom stereocenters. The van der Waals surface area contributed by atoms with Crippen LogP contribution in [-0.4, -0.2) is 15.3 Å². The summed E-state index contributed by atoms with van der Waals surface area (Å²) in [5.41, 5.74) is 1.55. The maximum atomic E-state index is 12.3. The van der Waals surface area contributed by atoms with Crippen LogP contribution in [0.2, 0.25) is 0 Å². The van der Waals surface area contributed by atoms with Gasteiger partial charge in [0, 0.05) is 11.8 Å². The van der Waals surface area contributed by atoms with Crippen molar-refractivity contribution in [3.63, 3.8) is 0 Å². The molecule has 2 rings (SSSR count). The largest absolute Gasteiger partial charge is 0.292 e. The van der Waals surface area contributed by atoms with Crippen LogP contribution in [-0.2, 0) is 6.54 Å². The number of hydrogen-bond acceptors (Lipinski definition) is 3. The predicted octanol–water partition coefficient (Wildman–Crippen LogP) is 3.32. The zero-order chi connectivity index (χ0) is 15.6. The third-order valence-corrected chi connectivity index (χ3v) is 3.95. The summed E-state index contributed by atoms with van der Waals surface area (Å²) in [5, 5.41) is 0. The van der Waals surface area contributed by atoms with Gasteiger partial charge < -0.3 is 0 Å². The lowest BCUT2D eigenvalue weighted by Gasteiger charge is -2.10. The van der Waals surface area contributed by atoms with Gasteiger partial charge in [0.1, 0.15) is 10.3 Å². The van der Waals surface area contributed by atoms with E-state index in [2.05, 4.69) is 34.8 Å². The lowest BCUT2D eigenvalue weighted by Crippen LogP contribution is -2.27. The van der Waals surface area contributed by atoms with Gasteiger partial charge in [-0.1, -0.05) is 38.1 Å². The number of benzene rings is 1. The first-order chi connectivity index (χ1) is 9.90. The summed E-state index contributed by atoms with van der Waals surface area (Å²) in [5.74, 6) is 0.846. The van der Waals surface area contributed by atoms with Crippen molar-refractivity contribution in [1.29, 1.82) is 0 Å². The monoisotopic (exact) mass is 348 g/mol. The Balaban J connectivity index is 2.26. The van der Waals surface area contributed by atoms with Gasteiger partial charge in [-0.15, -0.1) is 0 Å². The lowest BCUT2D eigenvalue weighted by atomic mass is 10.0. The second kappa shape index (κ2) is 6.35. The van der Waals surface area contributed by atoms with Gasteiger partial charge in [-0.25, -0.2) is 4.98 Å². The molecule has 0 atom stereocenters. The molecule has 5 heteroatoms. The van der Waals surface area contributed by atoms with Crippen molar-refractivity contribution in [1.82, 2.24) is 9.55 Å². The summed E-state index contributed by atoms with van der Waals surface area (Å²) in [4.78, 5) is 28.4. The van der Waals surface area contributed by atoms with Crippen molar-refractivity contribution in [2.24, 2.45) is 0 Å². The number of aromatic nitrogens is 2. The molecule has 1 aromatic heterocycles. The fourth-order valence-electron chi connectivity index (χ4n) is 2.03. The molecule has 1 aromatic carbocycles. The fourth-order valence-corrected chi connectivity index (χ4v) is 2.34. The van der Waals surface area contributed by atoms with Crippen LogP contribution in [0, 0.1) is 6.92 Å². The van der Waals surface area contributed by atoms with Crippen LogP contribution in [0.1, 0.15) is 41.5 Å². The first kappa shape index (κ1) is 15.6. The number of halogens is 1. The molecule has 21 heavy (non-hydrogen) atoms. The van der Waals surface area contributed by atoms with Crippen molar-refractivity contribution in [2.45, 2.75) is 33.2 Å². The number of ketones is 1. The quantitative estimate of drug-likeness (QED) is 0.796. The highest BCUT2D eigenvalue weighted by molar-refractivity contribution is 9.10. The first-order valence-electron chi connectivity index (χ1n) is 6.75. The number of carbonyl (C=O) groups excluding carboxylic acids is 1. The molecular weight excluding hydrogens is 332 g/mol. The van der Waals surface area contributed by atoms with Crippen LogP contribution in [0.4, 0.5) is 0 Å². The molecule has 0 fully saturated rings. The number of nitrogens with zero attached hydrogens (tertiary/aromatic N) is 2. The molecule has 2 aromatic rings. The molecule has 110 valence electrons. The Hall–Kier alpha value is -1.75. The van der Waals surface area contributed by atoms with E-state index in [0.717, 1.165) is 0 Å². The van der Waals surface area contributed by atoms with Crippen LogP contribution in [0.25, 0.3) is 0 Å². The van der Waals surface area contributed by atoms with E-state index >= 15 is 0 Å². The lowest BCUT2D eigenvalue weighted by molar-refractivity contribution is 0.0969. The molecule has 0 radical (unpaired) electrons. The van der Waals surface area contributed by atoms with Gasteiger partial charge in [0.25, 0.3) is 5.56 Å². The minimum atomic E-state index is -0.241. The van der Waals surface area contributed by atoms with Gasteiger partial charge in [0.05, 0.1) is 6.54 Å². The molecular formula is C16H17BrN2O2. The highest BCUT2D eigenvalue weighted by atomic mass is 79.9. The molecule has 0 aliphatic heterocycles. The van der Waals surface area contributed by atoms with Crippen LogP contribution in [0.5, 0.6) is 0 Å². The van der Waals surface area contributed by atoms with Gasteiger partial charge in [-0.3, -0.25) is 14.2 Å². The Morgan fingerprint density at radius 2 is 1.90 bits per heavy atom. The van der Waals surface area contributed by atoms with E-state index in [1.54, 1.807) is 6.92 Å². The van der Waals surface area contributed by atoms with Crippen molar-refractivity contribution >= 4 is 21.7 Å². The fraction of sp³-hybridized carbons (Fsp3) is 0.312. The van der Waals surface area contributed by atoms with Crippen molar-refractivity contribution in [3.8, 4) is 0 Å². The minimum Gasteiger partial charge on any atom is -0.292 e. The first-order valence-corrected chi connectivity index (χ1v) is 7.54. The molecule has 0 N–H and O–H groups in total. The highest BCUT2D eigenvalue weighted by Gasteiger charge is 2.12. The molecule has 0 saturated carbocycles. The van der Waals surface area contributed by atoms with Crippen LogP contribution in [0.3, 0.4) is 0 Å². The molecule has 0 amide bonds. The second-order valence-corrected chi connectivity index (χ2v) is 6.10. The highest BCUT2D eigenvalue weighted by Crippen LogP contribution is 2.15. The van der Waals surface area contributed by atoms with E-state index in [9.17, 15) is 9.59 Å². The zero-order valence-corrected chi connectivity index (χ0v) is 13.8. The summed E-state index contributed by atoms with van der Waals surface area (Å²) in [7, 11) is 0. The number of aryl methyl sites for hydroxylation is 1. The zero-order valence-electron chi connectivity index (χ0n) is 12.3. The van der Waals surface area contributed by atoms with E-state index in [1.807, 2.05) is 24.3 Å². The SMILES string of the molecule is Cc1ncc(Br)c(=O)n1CC(=O)c1ccc(C(C)C)cc1. The van der Waals surface area contributed by atoms with Crippen LogP contribution >= 0.6 is 15.9 Å². The van der Waals surface area contributed by atoms with Crippen LogP contribution in [0.15, 0.2) is 39.7 Å². The van der Waals surface area contributed by atoms with E-state index in [1.165, 1.54) is 16.3 Å². The summed E-state index contributed by atoms with van der Waals surface area (Å²) >= 11 is 3.14. The molecule has 0 aliphatic carbocycles.